The Hall–Kier alpha value is -2.11. The molecule has 0 radical (unpaired) electrons. The van der Waals surface area contributed by atoms with Gasteiger partial charge in [-0.05, 0) is 67.0 Å². The van der Waals surface area contributed by atoms with Gasteiger partial charge in [0, 0.05) is 5.56 Å². The molecule has 2 aliphatic rings. The number of ether oxygens (including phenoxy) is 3. The first-order valence-electron chi connectivity index (χ1n) is 10.0. The Bertz CT molecular complexity index is 980. The van der Waals surface area contributed by atoms with Crippen LogP contribution in [0.4, 0.5) is 0 Å². The number of epoxide rings is 1. The summed E-state index contributed by atoms with van der Waals surface area (Å²) in [5.41, 5.74) is 3.37. The van der Waals surface area contributed by atoms with E-state index in [1.165, 1.54) is 0 Å². The van der Waals surface area contributed by atoms with E-state index in [0.29, 0.717) is 17.1 Å². The molecule has 2 aliphatic heterocycles. The highest BCUT2D eigenvalue weighted by molar-refractivity contribution is 5.67. The molecule has 4 unspecified atom stereocenters. The van der Waals surface area contributed by atoms with Crippen LogP contribution in [-0.2, 0) is 9.47 Å². The van der Waals surface area contributed by atoms with Crippen molar-refractivity contribution in [1.29, 1.82) is 0 Å². The topological polar surface area (TPSA) is 61.2 Å². The molecule has 5 heteroatoms. The van der Waals surface area contributed by atoms with Crippen LogP contribution >= 0.6 is 0 Å². The molecule has 3 heterocycles. The monoisotopic (exact) mass is 400 g/mol. The molecule has 0 aromatic carbocycles. The zero-order valence-electron chi connectivity index (χ0n) is 18.9. The van der Waals surface area contributed by atoms with E-state index < -0.39 is 5.60 Å². The Labute approximate surface area is 173 Å². The second-order valence-corrected chi connectivity index (χ2v) is 8.73. The van der Waals surface area contributed by atoms with E-state index in [4.69, 9.17) is 18.6 Å². The minimum atomic E-state index is -0.415. The van der Waals surface area contributed by atoms with Crippen LogP contribution in [0.5, 0.6) is 5.75 Å². The molecule has 1 aromatic heterocycles. The predicted molar refractivity (Wildman–Crippen MR) is 114 cm³/mol. The molecular weight excluding hydrogens is 368 g/mol. The number of fused-ring (bicyclic) bond motifs is 1. The molecule has 2 fully saturated rings. The summed E-state index contributed by atoms with van der Waals surface area (Å²) < 4.78 is 23.0. The summed E-state index contributed by atoms with van der Waals surface area (Å²) in [7, 11) is 1.57. The highest BCUT2D eigenvalue weighted by atomic mass is 16.7. The maximum absolute atomic E-state index is 12.1. The Morgan fingerprint density at radius 3 is 2.21 bits per heavy atom. The number of hydrogen-bond acceptors (Lipinski definition) is 5. The normalized spacial score (nSPS) is 32.4. The lowest BCUT2D eigenvalue weighted by atomic mass is 9.93. The van der Waals surface area contributed by atoms with Crippen LogP contribution in [0.25, 0.3) is 5.57 Å². The smallest absolute Gasteiger partial charge is 0.342 e. The number of rotatable bonds is 5. The van der Waals surface area contributed by atoms with Crippen molar-refractivity contribution in [1.82, 2.24) is 0 Å². The zero-order chi connectivity index (χ0) is 21.7. The molecular formula is C24H32O5. The molecule has 2 saturated heterocycles. The van der Waals surface area contributed by atoms with Crippen molar-refractivity contribution in [2.24, 2.45) is 0 Å². The fourth-order valence-corrected chi connectivity index (χ4v) is 4.59. The van der Waals surface area contributed by atoms with Gasteiger partial charge >= 0.3 is 5.63 Å². The number of hydrogen-bond donors (Lipinski definition) is 0. The molecule has 1 aromatic rings. The maximum Gasteiger partial charge on any atom is 0.342 e. The van der Waals surface area contributed by atoms with Gasteiger partial charge in [-0.3, -0.25) is 0 Å². The fraction of sp³-hybridized carbons (Fsp3) is 0.542. The van der Waals surface area contributed by atoms with Gasteiger partial charge in [-0.2, -0.15) is 0 Å². The molecule has 3 rings (SSSR count). The van der Waals surface area contributed by atoms with Crippen molar-refractivity contribution < 1.29 is 18.6 Å². The van der Waals surface area contributed by atoms with Crippen molar-refractivity contribution in [3.05, 3.63) is 56.7 Å². The molecule has 4 atom stereocenters. The van der Waals surface area contributed by atoms with Gasteiger partial charge in [0.2, 0.25) is 0 Å². The Kier molecular flexibility index (Phi) is 5.43. The van der Waals surface area contributed by atoms with Gasteiger partial charge in [-0.25, -0.2) is 4.79 Å². The quantitative estimate of drug-likeness (QED) is 0.520. The van der Waals surface area contributed by atoms with Gasteiger partial charge < -0.3 is 18.6 Å². The maximum atomic E-state index is 12.1. The predicted octanol–water partition coefficient (Wildman–Crippen LogP) is 4.90. The summed E-state index contributed by atoms with van der Waals surface area (Å²) in [4.78, 5) is 12.1. The second-order valence-electron chi connectivity index (χ2n) is 8.73. The van der Waals surface area contributed by atoms with Crippen LogP contribution in [0.15, 0.2) is 38.6 Å². The van der Waals surface area contributed by atoms with Crippen LogP contribution in [0.2, 0.25) is 0 Å². The summed E-state index contributed by atoms with van der Waals surface area (Å²) >= 11 is 0. The largest absolute Gasteiger partial charge is 0.496 e. The number of allylic oxidation sites excluding steroid dienone is 5. The van der Waals surface area contributed by atoms with Gasteiger partial charge in [0.1, 0.15) is 28.8 Å². The van der Waals surface area contributed by atoms with E-state index in [0.717, 1.165) is 22.3 Å². The molecule has 158 valence electrons. The van der Waals surface area contributed by atoms with Crippen LogP contribution < -0.4 is 10.4 Å². The lowest BCUT2D eigenvalue weighted by Crippen LogP contribution is -2.30. The third-order valence-corrected chi connectivity index (χ3v) is 6.09. The van der Waals surface area contributed by atoms with Gasteiger partial charge in [0.15, 0.2) is 0 Å². The van der Waals surface area contributed by atoms with Gasteiger partial charge in [0.25, 0.3) is 0 Å². The van der Waals surface area contributed by atoms with E-state index in [1.807, 2.05) is 26.8 Å². The van der Waals surface area contributed by atoms with Crippen LogP contribution in [0, 0.1) is 13.8 Å². The van der Waals surface area contributed by atoms with E-state index in [-0.39, 0.29) is 23.4 Å². The third-order valence-electron chi connectivity index (χ3n) is 6.09. The average Bonchev–Trinajstić information content (AvgIpc) is 3.28. The molecule has 0 saturated carbocycles. The van der Waals surface area contributed by atoms with E-state index in [9.17, 15) is 4.79 Å². The summed E-state index contributed by atoms with van der Waals surface area (Å²) in [5.74, 6) is 1.13. The molecule has 5 nitrogen and oxygen atoms in total. The minimum absolute atomic E-state index is 0.0798. The molecule has 0 N–H and O–H groups in total. The summed E-state index contributed by atoms with van der Waals surface area (Å²) in [5, 5.41) is 0. The van der Waals surface area contributed by atoms with Gasteiger partial charge in [-0.15, -0.1) is 0 Å². The van der Waals surface area contributed by atoms with E-state index >= 15 is 0 Å². The second kappa shape index (κ2) is 7.29. The third kappa shape index (κ3) is 3.74. The molecule has 0 amide bonds. The zero-order valence-corrected chi connectivity index (χ0v) is 18.9. The van der Waals surface area contributed by atoms with E-state index in [1.54, 1.807) is 14.0 Å². The van der Waals surface area contributed by atoms with Crippen LogP contribution in [0.3, 0.4) is 0 Å². The lowest BCUT2D eigenvalue weighted by molar-refractivity contribution is -0.0719. The molecule has 29 heavy (non-hydrogen) atoms. The first-order valence-corrected chi connectivity index (χ1v) is 10.0. The van der Waals surface area contributed by atoms with Crippen molar-refractivity contribution in [3.8, 4) is 5.75 Å². The van der Waals surface area contributed by atoms with E-state index in [2.05, 4.69) is 39.8 Å². The average molecular weight is 401 g/mol. The SMILES string of the molecule is COc1c(C)c(/C(C)=C/C(C)=C/C(C)=C/C2(C)OC(C)C3(C)OC23)oc(=O)c1C. The fourth-order valence-electron chi connectivity index (χ4n) is 4.59. The first kappa shape index (κ1) is 21.6. The Morgan fingerprint density at radius 1 is 1.03 bits per heavy atom. The van der Waals surface area contributed by atoms with Crippen molar-refractivity contribution in [2.45, 2.75) is 78.8 Å². The molecule has 0 bridgehead atoms. The van der Waals surface area contributed by atoms with Gasteiger partial charge in [0.05, 0.1) is 18.8 Å². The summed E-state index contributed by atoms with van der Waals surface area (Å²) in [6.07, 6.45) is 6.42. The summed E-state index contributed by atoms with van der Waals surface area (Å²) in [6.45, 7) is 15.9. The van der Waals surface area contributed by atoms with Crippen molar-refractivity contribution >= 4 is 5.57 Å². The minimum Gasteiger partial charge on any atom is -0.496 e. The first-order chi connectivity index (χ1) is 13.4. The molecule has 0 spiro atoms. The standard InChI is InChI=1S/C24H32O5/c1-13(10-14(2)12-23(7)22-24(8,29-22)18(6)28-23)11-15(3)19-16(4)20(26-9)17(5)21(25)27-19/h10-12,18,22H,1-9H3/b13-10+,14-12+,15-11+. The van der Waals surface area contributed by atoms with Crippen LogP contribution in [-0.4, -0.2) is 30.5 Å². The Morgan fingerprint density at radius 2 is 1.69 bits per heavy atom. The van der Waals surface area contributed by atoms with Gasteiger partial charge in [-0.1, -0.05) is 23.3 Å². The lowest BCUT2D eigenvalue weighted by Gasteiger charge is -2.24. The Balaban J connectivity index is 1.87. The number of methoxy groups -OCH3 is 1. The highest BCUT2D eigenvalue weighted by Gasteiger charge is 2.70. The highest BCUT2D eigenvalue weighted by Crippen LogP contribution is 2.55. The van der Waals surface area contributed by atoms with Crippen molar-refractivity contribution in [3.63, 3.8) is 0 Å². The molecule has 0 aliphatic carbocycles. The van der Waals surface area contributed by atoms with Crippen molar-refractivity contribution in [2.75, 3.05) is 7.11 Å². The van der Waals surface area contributed by atoms with Crippen LogP contribution in [0.1, 0.15) is 58.4 Å². The summed E-state index contributed by atoms with van der Waals surface area (Å²) in [6, 6.07) is 0.